The van der Waals surface area contributed by atoms with Gasteiger partial charge in [-0.3, -0.25) is 14.8 Å². The summed E-state index contributed by atoms with van der Waals surface area (Å²) in [6, 6.07) is 0.209. The Labute approximate surface area is 120 Å². The summed E-state index contributed by atoms with van der Waals surface area (Å²) in [6.45, 7) is 10.7. The molecule has 1 heterocycles. The van der Waals surface area contributed by atoms with Gasteiger partial charge in [0.05, 0.1) is 12.2 Å². The van der Waals surface area contributed by atoms with Crippen molar-refractivity contribution < 1.29 is 4.79 Å². The molecule has 5 heteroatoms. The van der Waals surface area contributed by atoms with E-state index in [1.54, 1.807) is 0 Å². The molecule has 0 aromatic carbocycles. The molecule has 0 aliphatic heterocycles. The van der Waals surface area contributed by atoms with Crippen LogP contribution in [0.15, 0.2) is 0 Å². The molecular formula is C15H26N4O. The Morgan fingerprint density at radius 2 is 2.05 bits per heavy atom. The number of rotatable bonds is 6. The molecule has 1 aromatic heterocycles. The van der Waals surface area contributed by atoms with Crippen LogP contribution < -0.4 is 11.1 Å². The smallest absolute Gasteiger partial charge is 0.239 e. The number of amides is 1. The molecule has 3 N–H and O–H groups in total. The summed E-state index contributed by atoms with van der Waals surface area (Å²) in [4.78, 5) is 12.2. The fraction of sp³-hybridized carbons (Fsp3) is 0.733. The van der Waals surface area contributed by atoms with Crippen molar-refractivity contribution in [3.05, 3.63) is 17.0 Å². The van der Waals surface area contributed by atoms with Gasteiger partial charge >= 0.3 is 0 Å². The second-order valence-corrected chi connectivity index (χ2v) is 6.36. The lowest BCUT2D eigenvalue weighted by Gasteiger charge is -2.34. The Bertz CT molecular complexity index is 516. The molecule has 1 amide bonds. The number of carbonyl (C=O) groups excluding carboxylic acids is 1. The van der Waals surface area contributed by atoms with Gasteiger partial charge in [0.1, 0.15) is 5.54 Å². The van der Waals surface area contributed by atoms with Crippen molar-refractivity contribution >= 4 is 5.91 Å². The van der Waals surface area contributed by atoms with Crippen molar-refractivity contribution in [1.29, 1.82) is 0 Å². The minimum Gasteiger partial charge on any atom is -0.368 e. The minimum absolute atomic E-state index is 0.209. The van der Waals surface area contributed by atoms with Gasteiger partial charge in [-0.15, -0.1) is 0 Å². The van der Waals surface area contributed by atoms with Crippen molar-refractivity contribution in [1.82, 2.24) is 15.1 Å². The molecule has 1 saturated carbocycles. The van der Waals surface area contributed by atoms with E-state index in [0.717, 1.165) is 24.2 Å². The molecule has 0 saturated heterocycles. The average molecular weight is 278 g/mol. The third-order valence-corrected chi connectivity index (χ3v) is 4.40. The molecule has 2 rings (SSSR count). The number of hydrogen-bond donors (Lipinski definition) is 2. The van der Waals surface area contributed by atoms with Gasteiger partial charge in [-0.1, -0.05) is 0 Å². The molecule has 0 spiro atoms. The number of aromatic nitrogens is 2. The van der Waals surface area contributed by atoms with E-state index in [4.69, 9.17) is 5.73 Å². The van der Waals surface area contributed by atoms with Crippen molar-refractivity contribution in [2.75, 3.05) is 0 Å². The van der Waals surface area contributed by atoms with Gasteiger partial charge in [-0.05, 0) is 58.9 Å². The van der Waals surface area contributed by atoms with Crippen molar-refractivity contribution in [2.24, 2.45) is 11.7 Å². The van der Waals surface area contributed by atoms with Crippen LogP contribution in [0.25, 0.3) is 0 Å². The first kappa shape index (κ1) is 15.0. The maximum Gasteiger partial charge on any atom is 0.239 e. The fourth-order valence-corrected chi connectivity index (χ4v) is 2.91. The maximum absolute atomic E-state index is 12.2. The lowest BCUT2D eigenvalue weighted by molar-refractivity contribution is -0.126. The number of nitrogens with two attached hydrogens (primary N) is 1. The summed E-state index contributed by atoms with van der Waals surface area (Å²) < 4.78 is 1.93. The lowest BCUT2D eigenvalue weighted by Crippen LogP contribution is -2.62. The molecule has 0 bridgehead atoms. The highest BCUT2D eigenvalue weighted by Crippen LogP contribution is 2.41. The number of carbonyl (C=O) groups is 1. The third-order valence-electron chi connectivity index (χ3n) is 4.40. The zero-order valence-corrected chi connectivity index (χ0v) is 13.2. The third kappa shape index (κ3) is 2.59. The van der Waals surface area contributed by atoms with Crippen LogP contribution in [0.3, 0.4) is 0 Å². The Balaban J connectivity index is 2.36. The molecule has 112 valence electrons. The summed E-state index contributed by atoms with van der Waals surface area (Å²) in [7, 11) is 0. The molecule has 5 nitrogen and oxygen atoms in total. The molecule has 1 unspecified atom stereocenters. The van der Waals surface area contributed by atoms with Gasteiger partial charge in [-0.2, -0.15) is 5.10 Å². The molecule has 0 radical (unpaired) electrons. The van der Waals surface area contributed by atoms with E-state index in [2.05, 4.69) is 17.3 Å². The number of nitrogens with one attached hydrogen (secondary N) is 1. The van der Waals surface area contributed by atoms with Crippen LogP contribution in [0.4, 0.5) is 0 Å². The summed E-state index contributed by atoms with van der Waals surface area (Å²) in [5.41, 5.74) is 8.39. The van der Waals surface area contributed by atoms with E-state index >= 15 is 0 Å². The molecule has 1 aliphatic carbocycles. The van der Waals surface area contributed by atoms with Crippen molar-refractivity contribution in [2.45, 2.75) is 65.6 Å². The zero-order chi connectivity index (χ0) is 15.1. The molecule has 1 aromatic rings. The van der Waals surface area contributed by atoms with Crippen LogP contribution in [-0.4, -0.2) is 27.3 Å². The first-order valence-corrected chi connectivity index (χ1v) is 7.36. The lowest BCUT2D eigenvalue weighted by atomic mass is 9.91. The predicted octanol–water partition coefficient (Wildman–Crippen LogP) is 1.44. The number of primary amides is 1. The highest BCUT2D eigenvalue weighted by molar-refractivity contribution is 5.85. The van der Waals surface area contributed by atoms with Crippen LogP contribution in [0, 0.1) is 26.7 Å². The fourth-order valence-electron chi connectivity index (χ4n) is 2.91. The van der Waals surface area contributed by atoms with Crippen LogP contribution in [0.2, 0.25) is 0 Å². The van der Waals surface area contributed by atoms with E-state index < -0.39 is 5.54 Å². The summed E-state index contributed by atoms with van der Waals surface area (Å²) in [5, 5.41) is 7.99. The minimum atomic E-state index is -0.677. The Hall–Kier alpha value is -1.36. The highest BCUT2D eigenvalue weighted by atomic mass is 16.1. The van der Waals surface area contributed by atoms with Gasteiger partial charge in [0.25, 0.3) is 0 Å². The molecule has 20 heavy (non-hydrogen) atoms. The van der Waals surface area contributed by atoms with Crippen LogP contribution in [0.5, 0.6) is 0 Å². The maximum atomic E-state index is 12.2. The van der Waals surface area contributed by atoms with Gasteiger partial charge in [-0.25, -0.2) is 0 Å². The van der Waals surface area contributed by atoms with E-state index in [1.165, 1.54) is 5.56 Å². The predicted molar refractivity (Wildman–Crippen MR) is 79.4 cm³/mol. The molecule has 1 atom stereocenters. The largest absolute Gasteiger partial charge is 0.368 e. The SMILES string of the molecule is Cc1nn(CC(NC(C)C)(C(N)=O)C2CC2)c(C)c1C. The quantitative estimate of drug-likeness (QED) is 0.827. The second-order valence-electron chi connectivity index (χ2n) is 6.36. The normalized spacial score (nSPS) is 18.3. The van der Waals surface area contributed by atoms with Crippen LogP contribution in [-0.2, 0) is 11.3 Å². The second kappa shape index (κ2) is 5.20. The Morgan fingerprint density at radius 3 is 2.40 bits per heavy atom. The van der Waals surface area contributed by atoms with E-state index in [-0.39, 0.29) is 11.9 Å². The summed E-state index contributed by atoms with van der Waals surface area (Å²) in [5.74, 6) is 0.0607. The van der Waals surface area contributed by atoms with Gasteiger partial charge in [0, 0.05) is 11.7 Å². The van der Waals surface area contributed by atoms with Crippen LogP contribution in [0.1, 0.15) is 43.6 Å². The monoisotopic (exact) mass is 278 g/mol. The zero-order valence-electron chi connectivity index (χ0n) is 13.2. The molecule has 1 fully saturated rings. The van der Waals surface area contributed by atoms with Crippen molar-refractivity contribution in [3.63, 3.8) is 0 Å². The van der Waals surface area contributed by atoms with Crippen molar-refractivity contribution in [3.8, 4) is 0 Å². The van der Waals surface area contributed by atoms with E-state index in [9.17, 15) is 4.79 Å². The first-order valence-electron chi connectivity index (χ1n) is 7.36. The summed E-state index contributed by atoms with van der Waals surface area (Å²) in [6.07, 6.45) is 2.11. The topological polar surface area (TPSA) is 72.9 Å². The standard InChI is InChI=1S/C15H26N4O/c1-9(2)17-15(14(16)20,13-6-7-13)8-19-12(5)10(3)11(4)18-19/h9,13,17H,6-8H2,1-5H3,(H2,16,20). The molecular weight excluding hydrogens is 252 g/mol. The summed E-state index contributed by atoms with van der Waals surface area (Å²) >= 11 is 0. The van der Waals surface area contributed by atoms with Crippen LogP contribution >= 0.6 is 0 Å². The molecule has 1 aliphatic rings. The highest BCUT2D eigenvalue weighted by Gasteiger charge is 2.50. The Morgan fingerprint density at radius 1 is 1.45 bits per heavy atom. The number of nitrogens with zero attached hydrogens (tertiary/aromatic N) is 2. The first-order chi connectivity index (χ1) is 9.28. The number of aryl methyl sites for hydroxylation is 1. The van der Waals surface area contributed by atoms with Gasteiger partial charge in [0.15, 0.2) is 0 Å². The van der Waals surface area contributed by atoms with Gasteiger partial charge in [0.2, 0.25) is 5.91 Å². The number of hydrogen-bond acceptors (Lipinski definition) is 3. The Kier molecular flexibility index (Phi) is 3.91. The van der Waals surface area contributed by atoms with E-state index in [1.807, 2.05) is 32.4 Å². The average Bonchev–Trinajstić information content (AvgIpc) is 3.15. The van der Waals surface area contributed by atoms with Gasteiger partial charge < -0.3 is 5.73 Å². The van der Waals surface area contributed by atoms with E-state index in [0.29, 0.717) is 12.5 Å².